The Morgan fingerprint density at radius 3 is 3.09 bits per heavy atom. The minimum atomic E-state index is -0.313. The maximum absolute atomic E-state index is 11.1. The molecule has 0 N–H and O–H groups in total. The number of thioether (sulfide) groups is 1. The van der Waals surface area contributed by atoms with E-state index < -0.39 is 0 Å². The topological polar surface area (TPSA) is 66.2 Å². The average Bonchev–Trinajstić information content (AvgIpc) is 3.12. The van der Waals surface area contributed by atoms with Crippen molar-refractivity contribution in [1.29, 1.82) is 0 Å². The van der Waals surface area contributed by atoms with Crippen molar-refractivity contribution in [3.8, 4) is 5.75 Å². The number of methoxy groups -OCH3 is 1. The van der Waals surface area contributed by atoms with E-state index in [9.17, 15) is 4.79 Å². The number of hydrogen-bond acceptors (Lipinski definition) is 7. The molecule has 0 aromatic carbocycles. The second kappa shape index (κ2) is 7.01. The lowest BCUT2D eigenvalue weighted by atomic mass is 10.3. The maximum atomic E-state index is 11.1. The Bertz CT molecular complexity index is 828. The molecule has 0 radical (unpaired) electrons. The van der Waals surface area contributed by atoms with E-state index in [1.54, 1.807) is 36.4 Å². The molecular weight excluding hydrogens is 334 g/mol. The van der Waals surface area contributed by atoms with E-state index in [4.69, 9.17) is 9.47 Å². The van der Waals surface area contributed by atoms with Crippen molar-refractivity contribution in [1.82, 2.24) is 14.5 Å². The summed E-state index contributed by atoms with van der Waals surface area (Å²) in [6.45, 7) is 1.56. The molecule has 0 bridgehead atoms. The van der Waals surface area contributed by atoms with Gasteiger partial charge in [0, 0.05) is 35.7 Å². The molecule has 3 rings (SSSR count). The zero-order valence-corrected chi connectivity index (χ0v) is 14.3. The summed E-state index contributed by atoms with van der Waals surface area (Å²) in [4.78, 5) is 20.0. The van der Waals surface area contributed by atoms with E-state index in [1.165, 1.54) is 6.92 Å². The van der Waals surface area contributed by atoms with Gasteiger partial charge in [0.2, 0.25) is 0 Å². The lowest BCUT2D eigenvalue weighted by Gasteiger charge is -2.08. The Morgan fingerprint density at radius 2 is 2.30 bits per heavy atom. The highest BCUT2D eigenvalue weighted by atomic mass is 32.2. The molecule has 23 heavy (non-hydrogen) atoms. The van der Waals surface area contributed by atoms with Crippen molar-refractivity contribution in [3.63, 3.8) is 0 Å². The van der Waals surface area contributed by atoms with Gasteiger partial charge in [-0.05, 0) is 6.07 Å². The van der Waals surface area contributed by atoms with Crippen molar-refractivity contribution < 1.29 is 14.3 Å². The minimum Gasteiger partial charge on any atom is -0.497 e. The molecule has 0 aliphatic rings. The van der Waals surface area contributed by atoms with Gasteiger partial charge in [-0.1, -0.05) is 11.8 Å². The van der Waals surface area contributed by atoms with Gasteiger partial charge in [0.25, 0.3) is 0 Å². The van der Waals surface area contributed by atoms with Crippen LogP contribution in [0.4, 0.5) is 0 Å². The van der Waals surface area contributed by atoms with E-state index in [0.29, 0.717) is 5.75 Å². The second-order valence-corrected chi connectivity index (χ2v) is 6.39. The number of ether oxygens (including phenoxy) is 2. The number of thiophene rings is 1. The molecule has 0 spiro atoms. The number of nitrogens with zero attached hydrogens (tertiary/aromatic N) is 3. The van der Waals surface area contributed by atoms with Gasteiger partial charge in [-0.15, -0.1) is 11.3 Å². The van der Waals surface area contributed by atoms with E-state index in [-0.39, 0.29) is 12.7 Å². The Hall–Kier alpha value is -2.06. The van der Waals surface area contributed by atoms with Crippen LogP contribution in [0.15, 0.2) is 34.2 Å². The summed E-state index contributed by atoms with van der Waals surface area (Å²) in [6.07, 6.45) is 1.72. The molecule has 0 saturated heterocycles. The zero-order chi connectivity index (χ0) is 16.2. The highest BCUT2D eigenvalue weighted by molar-refractivity contribution is 7.98. The van der Waals surface area contributed by atoms with Gasteiger partial charge >= 0.3 is 5.97 Å². The number of imidazole rings is 1. The minimum absolute atomic E-state index is 0.163. The Kier molecular flexibility index (Phi) is 4.82. The van der Waals surface area contributed by atoms with Crippen LogP contribution in [0.25, 0.3) is 11.0 Å². The first-order valence-electron chi connectivity index (χ1n) is 6.85. The molecule has 0 amide bonds. The Labute approximate surface area is 141 Å². The smallest absolute Gasteiger partial charge is 0.304 e. The third-order valence-electron chi connectivity index (χ3n) is 3.13. The Morgan fingerprint density at radius 1 is 1.43 bits per heavy atom. The summed E-state index contributed by atoms with van der Waals surface area (Å²) in [7, 11) is 1.63. The van der Waals surface area contributed by atoms with Crippen molar-refractivity contribution in [2.45, 2.75) is 24.6 Å². The van der Waals surface area contributed by atoms with Crippen LogP contribution in [-0.4, -0.2) is 27.6 Å². The lowest BCUT2D eigenvalue weighted by Crippen LogP contribution is -2.07. The third kappa shape index (κ3) is 3.65. The molecule has 3 aromatic heterocycles. The molecule has 0 aliphatic carbocycles. The van der Waals surface area contributed by atoms with Crippen molar-refractivity contribution in [3.05, 3.63) is 34.8 Å². The maximum Gasteiger partial charge on any atom is 0.304 e. The first kappa shape index (κ1) is 15.8. The van der Waals surface area contributed by atoms with Gasteiger partial charge in [-0.3, -0.25) is 14.3 Å². The number of rotatable bonds is 6. The standard InChI is InChI=1S/C15H15N3O3S2/c1-10(19)21-9-18-14-8-22-7-13(14)17-15(18)23-6-11-5-12(20-2)3-4-16-11/h3-5,7-8H,6,9H2,1-2H3. The summed E-state index contributed by atoms with van der Waals surface area (Å²) >= 11 is 3.12. The molecule has 120 valence electrons. The van der Waals surface area contributed by atoms with E-state index >= 15 is 0 Å². The van der Waals surface area contributed by atoms with Gasteiger partial charge in [0.15, 0.2) is 11.9 Å². The number of hydrogen-bond donors (Lipinski definition) is 0. The van der Waals surface area contributed by atoms with E-state index in [1.807, 2.05) is 27.5 Å². The molecular formula is C15H15N3O3S2. The summed E-state index contributed by atoms with van der Waals surface area (Å²) in [5.41, 5.74) is 2.78. The zero-order valence-electron chi connectivity index (χ0n) is 12.7. The molecule has 3 aromatic rings. The lowest BCUT2D eigenvalue weighted by molar-refractivity contribution is -0.144. The number of aromatic nitrogens is 3. The highest BCUT2D eigenvalue weighted by Gasteiger charge is 2.13. The first-order valence-corrected chi connectivity index (χ1v) is 8.77. The van der Waals surface area contributed by atoms with Crippen LogP contribution in [-0.2, 0) is 22.0 Å². The van der Waals surface area contributed by atoms with E-state index in [2.05, 4.69) is 9.97 Å². The monoisotopic (exact) mass is 349 g/mol. The van der Waals surface area contributed by atoms with Crippen molar-refractivity contribution in [2.24, 2.45) is 0 Å². The van der Waals surface area contributed by atoms with Crippen molar-refractivity contribution >= 4 is 40.1 Å². The van der Waals surface area contributed by atoms with Crippen LogP contribution in [0.3, 0.4) is 0 Å². The molecule has 8 heteroatoms. The van der Waals surface area contributed by atoms with Crippen LogP contribution in [0, 0.1) is 0 Å². The SMILES string of the molecule is COc1ccnc(CSc2nc3cscc3n2COC(C)=O)c1. The molecule has 0 saturated carbocycles. The fourth-order valence-electron chi connectivity index (χ4n) is 2.03. The average molecular weight is 349 g/mol. The second-order valence-electron chi connectivity index (χ2n) is 4.71. The largest absolute Gasteiger partial charge is 0.497 e. The van der Waals surface area contributed by atoms with Crippen LogP contribution in [0.1, 0.15) is 12.6 Å². The van der Waals surface area contributed by atoms with Gasteiger partial charge in [-0.25, -0.2) is 4.98 Å². The summed E-state index contributed by atoms with van der Waals surface area (Å²) < 4.78 is 12.2. The first-order chi connectivity index (χ1) is 11.2. The Balaban J connectivity index is 1.79. The molecule has 0 atom stereocenters. The van der Waals surface area contributed by atoms with Crippen LogP contribution in [0.2, 0.25) is 0 Å². The van der Waals surface area contributed by atoms with Gasteiger partial charge in [0.1, 0.15) is 11.3 Å². The van der Waals surface area contributed by atoms with Gasteiger partial charge < -0.3 is 9.47 Å². The number of pyridine rings is 1. The van der Waals surface area contributed by atoms with Gasteiger partial charge in [0.05, 0.1) is 18.3 Å². The van der Waals surface area contributed by atoms with Crippen molar-refractivity contribution in [2.75, 3.05) is 7.11 Å². The van der Waals surface area contributed by atoms with E-state index in [0.717, 1.165) is 27.6 Å². The molecule has 6 nitrogen and oxygen atoms in total. The van der Waals surface area contributed by atoms with Gasteiger partial charge in [-0.2, -0.15) is 0 Å². The molecule has 3 heterocycles. The quantitative estimate of drug-likeness (QED) is 0.502. The van der Waals surface area contributed by atoms with Crippen LogP contribution >= 0.6 is 23.1 Å². The summed E-state index contributed by atoms with van der Waals surface area (Å²) in [5, 5.41) is 4.78. The summed E-state index contributed by atoms with van der Waals surface area (Å²) in [5.74, 6) is 1.12. The number of esters is 1. The summed E-state index contributed by atoms with van der Waals surface area (Å²) in [6, 6.07) is 3.71. The van der Waals surface area contributed by atoms with Crippen LogP contribution < -0.4 is 4.74 Å². The highest BCUT2D eigenvalue weighted by Crippen LogP contribution is 2.29. The van der Waals surface area contributed by atoms with Crippen LogP contribution in [0.5, 0.6) is 5.75 Å². The predicted octanol–water partition coefficient (Wildman–Crippen LogP) is 3.31. The molecule has 0 aliphatic heterocycles. The number of carbonyl (C=O) groups is 1. The number of carbonyl (C=O) groups excluding carboxylic acids is 1. The normalized spacial score (nSPS) is 10.9. The molecule has 0 unspecified atom stereocenters. The fourth-order valence-corrected chi connectivity index (χ4v) is 3.68. The number of fused-ring (bicyclic) bond motifs is 1. The predicted molar refractivity (Wildman–Crippen MR) is 89.7 cm³/mol. The molecule has 0 fully saturated rings. The third-order valence-corrected chi connectivity index (χ3v) is 4.86. The fraction of sp³-hybridized carbons (Fsp3) is 0.267.